The molecule has 0 bridgehead atoms. The average molecular weight is 305 g/mol. The SMILES string of the molecule is O=C(CCc1cccc(F)c1F)Nc1ccc(CCO)cc1. The number of carbonyl (C=O) groups is 1. The van der Waals surface area contributed by atoms with Crippen molar-refractivity contribution in [2.75, 3.05) is 11.9 Å². The fourth-order valence-electron chi connectivity index (χ4n) is 2.10. The number of amides is 1. The van der Waals surface area contributed by atoms with Gasteiger partial charge in [-0.1, -0.05) is 24.3 Å². The largest absolute Gasteiger partial charge is 0.396 e. The molecule has 0 heterocycles. The average Bonchev–Trinajstić information content (AvgIpc) is 2.51. The molecule has 3 nitrogen and oxygen atoms in total. The van der Waals surface area contributed by atoms with E-state index in [-0.39, 0.29) is 30.9 Å². The van der Waals surface area contributed by atoms with Crippen LogP contribution in [0.25, 0.3) is 0 Å². The van der Waals surface area contributed by atoms with Crippen LogP contribution < -0.4 is 5.32 Å². The third-order valence-electron chi connectivity index (χ3n) is 3.29. The zero-order chi connectivity index (χ0) is 15.9. The highest BCUT2D eigenvalue weighted by atomic mass is 19.2. The van der Waals surface area contributed by atoms with Crippen LogP contribution in [0, 0.1) is 11.6 Å². The van der Waals surface area contributed by atoms with Gasteiger partial charge in [-0.2, -0.15) is 0 Å². The minimum absolute atomic E-state index is 0.0682. The molecule has 5 heteroatoms. The van der Waals surface area contributed by atoms with Gasteiger partial charge in [-0.3, -0.25) is 4.79 Å². The normalized spacial score (nSPS) is 10.5. The van der Waals surface area contributed by atoms with Crippen molar-refractivity contribution in [1.82, 2.24) is 0 Å². The van der Waals surface area contributed by atoms with E-state index in [0.717, 1.165) is 11.6 Å². The van der Waals surface area contributed by atoms with Gasteiger partial charge in [-0.25, -0.2) is 8.78 Å². The highest BCUT2D eigenvalue weighted by Crippen LogP contribution is 2.14. The molecule has 22 heavy (non-hydrogen) atoms. The summed E-state index contributed by atoms with van der Waals surface area (Å²) in [6, 6.07) is 11.1. The molecule has 0 saturated heterocycles. The maximum absolute atomic E-state index is 13.5. The lowest BCUT2D eigenvalue weighted by atomic mass is 10.1. The van der Waals surface area contributed by atoms with E-state index in [0.29, 0.717) is 12.1 Å². The molecule has 0 atom stereocenters. The minimum Gasteiger partial charge on any atom is -0.396 e. The third kappa shape index (κ3) is 4.36. The second kappa shape index (κ2) is 7.66. The number of nitrogens with one attached hydrogen (secondary N) is 1. The Bertz CT molecular complexity index is 642. The Balaban J connectivity index is 1.89. The van der Waals surface area contributed by atoms with Gasteiger partial charge in [0.2, 0.25) is 5.91 Å². The molecule has 0 fully saturated rings. The second-order valence-corrected chi connectivity index (χ2v) is 4.93. The van der Waals surface area contributed by atoms with Gasteiger partial charge < -0.3 is 10.4 Å². The Morgan fingerprint density at radius 2 is 1.77 bits per heavy atom. The first-order valence-electron chi connectivity index (χ1n) is 7.02. The van der Waals surface area contributed by atoms with Crippen molar-refractivity contribution < 1.29 is 18.7 Å². The van der Waals surface area contributed by atoms with Gasteiger partial charge >= 0.3 is 0 Å². The van der Waals surface area contributed by atoms with Crippen LogP contribution in [-0.4, -0.2) is 17.6 Å². The van der Waals surface area contributed by atoms with Crippen molar-refractivity contribution in [3.05, 3.63) is 65.2 Å². The van der Waals surface area contributed by atoms with Crippen molar-refractivity contribution in [1.29, 1.82) is 0 Å². The Morgan fingerprint density at radius 3 is 2.45 bits per heavy atom. The van der Waals surface area contributed by atoms with E-state index in [1.54, 1.807) is 12.1 Å². The molecule has 1 amide bonds. The zero-order valence-corrected chi connectivity index (χ0v) is 12.0. The van der Waals surface area contributed by atoms with E-state index >= 15 is 0 Å². The first-order valence-corrected chi connectivity index (χ1v) is 7.02. The number of hydrogen-bond acceptors (Lipinski definition) is 2. The molecule has 0 aliphatic heterocycles. The predicted octanol–water partition coefficient (Wildman–Crippen LogP) is 3.07. The molecular formula is C17H17F2NO2. The highest BCUT2D eigenvalue weighted by Gasteiger charge is 2.10. The van der Waals surface area contributed by atoms with Gasteiger partial charge in [0.05, 0.1) is 0 Å². The number of benzene rings is 2. The molecule has 2 rings (SSSR count). The Morgan fingerprint density at radius 1 is 1.05 bits per heavy atom. The monoisotopic (exact) mass is 305 g/mol. The smallest absolute Gasteiger partial charge is 0.224 e. The first-order chi connectivity index (χ1) is 10.6. The van der Waals surface area contributed by atoms with Crippen LogP contribution in [-0.2, 0) is 17.6 Å². The van der Waals surface area contributed by atoms with E-state index in [9.17, 15) is 13.6 Å². The van der Waals surface area contributed by atoms with Crippen LogP contribution in [0.5, 0.6) is 0 Å². The second-order valence-electron chi connectivity index (χ2n) is 4.93. The number of halogens is 2. The van der Waals surface area contributed by atoms with Gasteiger partial charge in [0.15, 0.2) is 11.6 Å². The van der Waals surface area contributed by atoms with Crippen molar-refractivity contribution in [3.63, 3.8) is 0 Å². The standard InChI is InChI=1S/C17H17F2NO2/c18-15-3-1-2-13(17(15)19)6-9-16(22)20-14-7-4-12(5-8-14)10-11-21/h1-5,7-8,21H,6,9-11H2,(H,20,22). The minimum atomic E-state index is -0.905. The number of aliphatic hydroxyl groups is 1. The van der Waals surface area contributed by atoms with E-state index in [1.807, 2.05) is 12.1 Å². The Labute approximate surface area is 127 Å². The molecule has 0 aliphatic carbocycles. The van der Waals surface area contributed by atoms with Crippen molar-refractivity contribution in [2.24, 2.45) is 0 Å². The number of aryl methyl sites for hydroxylation is 1. The van der Waals surface area contributed by atoms with Crippen molar-refractivity contribution in [3.8, 4) is 0 Å². The van der Waals surface area contributed by atoms with Crippen LogP contribution in [0.4, 0.5) is 14.5 Å². The summed E-state index contributed by atoms with van der Waals surface area (Å²) in [6.07, 6.45) is 0.768. The van der Waals surface area contributed by atoms with E-state index in [2.05, 4.69) is 5.32 Å². The van der Waals surface area contributed by atoms with E-state index in [4.69, 9.17) is 5.11 Å². The third-order valence-corrected chi connectivity index (χ3v) is 3.29. The molecule has 0 radical (unpaired) electrons. The molecule has 0 aromatic heterocycles. The van der Waals surface area contributed by atoms with Crippen molar-refractivity contribution >= 4 is 11.6 Å². The summed E-state index contributed by atoms with van der Waals surface area (Å²) in [7, 11) is 0. The van der Waals surface area contributed by atoms with Gasteiger partial charge in [-0.15, -0.1) is 0 Å². The highest BCUT2D eigenvalue weighted by molar-refractivity contribution is 5.90. The van der Waals surface area contributed by atoms with Gasteiger partial charge in [-0.05, 0) is 42.2 Å². The summed E-state index contributed by atoms with van der Waals surface area (Å²) in [5.74, 6) is -2.07. The molecule has 2 aromatic rings. The quantitative estimate of drug-likeness (QED) is 0.861. The summed E-state index contributed by atoms with van der Waals surface area (Å²) >= 11 is 0. The predicted molar refractivity (Wildman–Crippen MR) is 80.5 cm³/mol. The number of anilines is 1. The number of hydrogen-bond donors (Lipinski definition) is 2. The molecule has 0 saturated carbocycles. The lowest BCUT2D eigenvalue weighted by Gasteiger charge is -2.07. The first kappa shape index (κ1) is 16.1. The Hall–Kier alpha value is -2.27. The molecule has 2 N–H and O–H groups in total. The summed E-state index contributed by atoms with van der Waals surface area (Å²) in [5, 5.41) is 11.5. The molecular weight excluding hydrogens is 288 g/mol. The maximum atomic E-state index is 13.5. The fourth-order valence-corrected chi connectivity index (χ4v) is 2.10. The van der Waals surface area contributed by atoms with Gasteiger partial charge in [0, 0.05) is 18.7 Å². The van der Waals surface area contributed by atoms with Gasteiger partial charge in [0.25, 0.3) is 0 Å². The van der Waals surface area contributed by atoms with Crippen molar-refractivity contribution in [2.45, 2.75) is 19.3 Å². The topological polar surface area (TPSA) is 49.3 Å². The number of carbonyl (C=O) groups excluding carboxylic acids is 1. The van der Waals surface area contributed by atoms with Crippen LogP contribution in [0.1, 0.15) is 17.5 Å². The molecule has 0 aliphatic rings. The lowest BCUT2D eigenvalue weighted by molar-refractivity contribution is -0.116. The molecule has 2 aromatic carbocycles. The van der Waals surface area contributed by atoms with Gasteiger partial charge in [0.1, 0.15) is 0 Å². The fraction of sp³-hybridized carbons (Fsp3) is 0.235. The molecule has 0 unspecified atom stereocenters. The molecule has 116 valence electrons. The number of aliphatic hydroxyl groups excluding tert-OH is 1. The lowest BCUT2D eigenvalue weighted by Crippen LogP contribution is -2.13. The molecule has 0 spiro atoms. The van der Waals surface area contributed by atoms with E-state index < -0.39 is 11.6 Å². The van der Waals surface area contributed by atoms with E-state index in [1.165, 1.54) is 12.1 Å². The van der Waals surface area contributed by atoms with Crippen LogP contribution in [0.2, 0.25) is 0 Å². The summed E-state index contributed by atoms with van der Waals surface area (Å²) in [5.41, 5.74) is 1.79. The summed E-state index contributed by atoms with van der Waals surface area (Å²) in [4.78, 5) is 11.8. The number of rotatable bonds is 6. The van der Waals surface area contributed by atoms with Crippen LogP contribution in [0.3, 0.4) is 0 Å². The van der Waals surface area contributed by atoms with Crippen LogP contribution >= 0.6 is 0 Å². The summed E-state index contributed by atoms with van der Waals surface area (Å²) < 4.78 is 26.5. The van der Waals surface area contributed by atoms with Crippen LogP contribution in [0.15, 0.2) is 42.5 Å². The Kier molecular flexibility index (Phi) is 5.61. The maximum Gasteiger partial charge on any atom is 0.224 e. The zero-order valence-electron chi connectivity index (χ0n) is 12.0. The summed E-state index contributed by atoms with van der Waals surface area (Å²) in [6.45, 7) is 0.0743.